The van der Waals surface area contributed by atoms with Crippen LogP contribution in [0.2, 0.25) is 0 Å². The Bertz CT molecular complexity index is 332. The average Bonchev–Trinajstić information content (AvgIpc) is 1.82. The third-order valence-electron chi connectivity index (χ3n) is 1.59. The van der Waals surface area contributed by atoms with Crippen LogP contribution in [0.4, 0.5) is 0 Å². The van der Waals surface area contributed by atoms with Crippen molar-refractivity contribution in [3.63, 3.8) is 0 Å². The summed E-state index contributed by atoms with van der Waals surface area (Å²) < 4.78 is 40.9. The summed E-state index contributed by atoms with van der Waals surface area (Å²) in [6, 6.07) is 0. The molecule has 0 aromatic carbocycles. The predicted octanol–water partition coefficient (Wildman–Crippen LogP) is -1.90. The molecule has 0 fully saturated rings. The molecule has 0 aliphatic heterocycles. The minimum absolute atomic E-state index is 0.601. The first-order valence-electron chi connectivity index (χ1n) is 3.28. The van der Waals surface area contributed by atoms with Crippen molar-refractivity contribution in [2.75, 3.05) is 19.1 Å². The van der Waals surface area contributed by atoms with Crippen LogP contribution < -0.4 is 0 Å². The van der Waals surface area contributed by atoms with Gasteiger partial charge in [0, 0.05) is 25.5 Å². The quantitative estimate of drug-likeness (QED) is 0.586. The van der Waals surface area contributed by atoms with E-state index in [1.807, 2.05) is 0 Å². The highest BCUT2D eigenvalue weighted by atomic mass is 32.3. The molecule has 0 rings (SSSR count). The van der Waals surface area contributed by atoms with Crippen LogP contribution in [-0.2, 0) is 19.7 Å². The smallest absolute Gasteiger partial charge is 0.269 e. The van der Waals surface area contributed by atoms with Gasteiger partial charge in [-0.05, 0) is 0 Å². The maximum absolute atomic E-state index is 10.9. The second-order valence-electron chi connectivity index (χ2n) is 2.73. The van der Waals surface area contributed by atoms with Crippen molar-refractivity contribution >= 4 is 19.7 Å². The van der Waals surface area contributed by atoms with Gasteiger partial charge >= 0.3 is 0 Å². The van der Waals surface area contributed by atoms with E-state index in [4.69, 9.17) is 5.11 Å². The Morgan fingerprint density at radius 2 is 1.38 bits per heavy atom. The highest BCUT2D eigenvalue weighted by Crippen LogP contribution is 2.23. The van der Waals surface area contributed by atoms with E-state index in [1.54, 1.807) is 0 Å². The third kappa shape index (κ3) is 2.39. The van der Waals surface area contributed by atoms with Gasteiger partial charge in [-0.25, -0.2) is 16.8 Å². The molecule has 0 saturated heterocycles. The Labute approximate surface area is 77.0 Å². The lowest BCUT2D eigenvalue weighted by molar-refractivity contribution is 0.156. The summed E-state index contributed by atoms with van der Waals surface area (Å²) >= 11 is 0. The molecule has 0 aromatic heterocycles. The van der Waals surface area contributed by atoms with Gasteiger partial charge in [-0.3, -0.25) is 0 Å². The lowest BCUT2D eigenvalue weighted by Crippen LogP contribution is -2.45. The standard InChI is InChI=1S/C5H12O6S2/c1-12(8,9)5(7,3-4-6)13(2,10)11/h6-7H,3-4H2,1-2H3. The van der Waals surface area contributed by atoms with E-state index in [-0.39, 0.29) is 0 Å². The highest BCUT2D eigenvalue weighted by molar-refractivity contribution is 8.09. The van der Waals surface area contributed by atoms with Gasteiger partial charge in [0.25, 0.3) is 4.27 Å². The van der Waals surface area contributed by atoms with Crippen LogP contribution in [0.1, 0.15) is 6.42 Å². The van der Waals surface area contributed by atoms with Crippen LogP contribution in [0.15, 0.2) is 0 Å². The minimum atomic E-state index is -4.18. The molecule has 0 unspecified atom stereocenters. The van der Waals surface area contributed by atoms with Gasteiger partial charge in [-0.1, -0.05) is 0 Å². The fourth-order valence-electron chi connectivity index (χ4n) is 0.787. The van der Waals surface area contributed by atoms with E-state index in [1.165, 1.54) is 0 Å². The molecule has 6 nitrogen and oxygen atoms in total. The monoisotopic (exact) mass is 232 g/mol. The Morgan fingerprint density at radius 3 is 1.46 bits per heavy atom. The van der Waals surface area contributed by atoms with Gasteiger partial charge in [-0.15, -0.1) is 0 Å². The summed E-state index contributed by atoms with van der Waals surface area (Å²) in [5, 5.41) is 17.8. The zero-order valence-corrected chi connectivity index (χ0v) is 8.89. The average molecular weight is 232 g/mol. The van der Waals surface area contributed by atoms with E-state index in [2.05, 4.69) is 0 Å². The molecule has 0 aliphatic rings. The lowest BCUT2D eigenvalue weighted by Gasteiger charge is -2.22. The van der Waals surface area contributed by atoms with Crippen LogP contribution in [0, 0.1) is 0 Å². The Kier molecular flexibility index (Phi) is 3.47. The van der Waals surface area contributed by atoms with E-state index in [0.717, 1.165) is 0 Å². The highest BCUT2D eigenvalue weighted by Gasteiger charge is 2.48. The van der Waals surface area contributed by atoms with Crippen molar-refractivity contribution in [1.82, 2.24) is 0 Å². The minimum Gasteiger partial charge on any atom is -0.396 e. The number of sulfone groups is 2. The summed E-state index contributed by atoms with van der Waals surface area (Å²) in [6.07, 6.45) is 0.456. The summed E-state index contributed by atoms with van der Waals surface area (Å²) in [7, 11) is -8.35. The first-order chi connectivity index (χ1) is 5.56. The molecule has 0 aliphatic carbocycles. The maximum Gasteiger partial charge on any atom is 0.269 e. The number of hydrogen-bond donors (Lipinski definition) is 2. The molecule has 2 N–H and O–H groups in total. The SMILES string of the molecule is CS(=O)(=O)C(O)(CCO)S(C)(=O)=O. The van der Waals surface area contributed by atoms with Crippen LogP contribution >= 0.6 is 0 Å². The second-order valence-corrected chi connectivity index (χ2v) is 7.43. The normalized spacial score (nSPS) is 14.5. The summed E-state index contributed by atoms with van der Waals surface area (Å²) in [5.74, 6) is 0. The predicted molar refractivity (Wildman–Crippen MR) is 46.3 cm³/mol. The molecule has 0 amide bonds. The van der Waals surface area contributed by atoms with Gasteiger partial charge in [-0.2, -0.15) is 0 Å². The van der Waals surface area contributed by atoms with Gasteiger partial charge in [0.05, 0.1) is 0 Å². The summed E-state index contributed by atoms with van der Waals surface area (Å²) in [6.45, 7) is -0.726. The van der Waals surface area contributed by atoms with Crippen LogP contribution in [0.25, 0.3) is 0 Å². The number of rotatable bonds is 4. The van der Waals surface area contributed by atoms with E-state index in [9.17, 15) is 21.9 Å². The van der Waals surface area contributed by atoms with Gasteiger partial charge in [0.2, 0.25) is 0 Å². The second kappa shape index (κ2) is 3.52. The summed E-state index contributed by atoms with van der Waals surface area (Å²) in [4.78, 5) is 0. The summed E-state index contributed by atoms with van der Waals surface area (Å²) in [5.41, 5.74) is 0. The Morgan fingerprint density at radius 1 is 1.08 bits per heavy atom. The fraction of sp³-hybridized carbons (Fsp3) is 1.00. The lowest BCUT2D eigenvalue weighted by atomic mass is 10.5. The molecule has 0 bridgehead atoms. The molecule has 8 heteroatoms. The van der Waals surface area contributed by atoms with Crippen molar-refractivity contribution in [1.29, 1.82) is 0 Å². The van der Waals surface area contributed by atoms with E-state index < -0.39 is 37.0 Å². The van der Waals surface area contributed by atoms with Crippen molar-refractivity contribution < 1.29 is 27.0 Å². The molecule has 0 radical (unpaired) electrons. The Hall–Kier alpha value is -0.180. The molecule has 0 spiro atoms. The van der Waals surface area contributed by atoms with Crippen molar-refractivity contribution in [3.05, 3.63) is 0 Å². The van der Waals surface area contributed by atoms with E-state index in [0.29, 0.717) is 12.5 Å². The van der Waals surface area contributed by atoms with Gasteiger partial charge in [0.1, 0.15) is 0 Å². The zero-order valence-electron chi connectivity index (χ0n) is 7.26. The number of aliphatic hydroxyl groups excluding tert-OH is 1. The van der Waals surface area contributed by atoms with Gasteiger partial charge in [0.15, 0.2) is 19.7 Å². The number of aliphatic hydroxyl groups is 2. The largest absolute Gasteiger partial charge is 0.396 e. The van der Waals surface area contributed by atoms with Crippen molar-refractivity contribution in [3.8, 4) is 0 Å². The van der Waals surface area contributed by atoms with Crippen molar-refractivity contribution in [2.24, 2.45) is 0 Å². The fourth-order valence-corrected chi connectivity index (χ4v) is 3.91. The molecule has 0 saturated carbocycles. The van der Waals surface area contributed by atoms with Crippen LogP contribution in [0.3, 0.4) is 0 Å². The number of hydrogen-bond acceptors (Lipinski definition) is 6. The molecule has 80 valence electrons. The molecular weight excluding hydrogens is 220 g/mol. The first-order valence-corrected chi connectivity index (χ1v) is 7.07. The van der Waals surface area contributed by atoms with Crippen molar-refractivity contribution in [2.45, 2.75) is 10.7 Å². The molecule has 0 atom stereocenters. The van der Waals surface area contributed by atoms with E-state index >= 15 is 0 Å². The van der Waals surface area contributed by atoms with Crippen LogP contribution in [-0.4, -0.2) is 50.4 Å². The third-order valence-corrected chi connectivity index (χ3v) is 6.13. The molecule has 0 aromatic rings. The zero-order chi connectivity index (χ0) is 10.9. The topological polar surface area (TPSA) is 109 Å². The van der Waals surface area contributed by atoms with Crippen LogP contribution in [0.5, 0.6) is 0 Å². The first kappa shape index (κ1) is 12.8. The van der Waals surface area contributed by atoms with Gasteiger partial charge < -0.3 is 10.2 Å². The molecular formula is C5H12O6S2. The molecule has 13 heavy (non-hydrogen) atoms. The maximum atomic E-state index is 10.9. The Balaban J connectivity index is 5.50. The molecule has 0 heterocycles.